The summed E-state index contributed by atoms with van der Waals surface area (Å²) >= 11 is 0. The molecule has 11 heteroatoms. The molecule has 3 aromatic heterocycles. The molecule has 4 N–H and O–H groups in total. The highest BCUT2D eigenvalue weighted by atomic mass is 19.1. The summed E-state index contributed by atoms with van der Waals surface area (Å²) < 4.78 is 24.9. The number of halogens is 1. The molecule has 138 valence electrons. The number of fused-ring (bicyclic) bond motifs is 1. The second-order valence-corrected chi connectivity index (χ2v) is 5.86. The minimum absolute atomic E-state index is 0.191. The molecule has 0 bridgehead atoms. The van der Waals surface area contributed by atoms with Crippen molar-refractivity contribution in [1.82, 2.24) is 19.5 Å². The van der Waals surface area contributed by atoms with Crippen molar-refractivity contribution < 1.29 is 28.9 Å². The van der Waals surface area contributed by atoms with Crippen LogP contribution < -0.4 is 5.32 Å². The molecule has 3 aromatic rings. The lowest BCUT2D eigenvalue weighted by Crippen LogP contribution is -2.33. The van der Waals surface area contributed by atoms with Crippen molar-refractivity contribution in [2.75, 3.05) is 11.9 Å². The molecule has 4 atom stereocenters. The second-order valence-electron chi connectivity index (χ2n) is 5.86. The number of ether oxygens (including phenoxy) is 1. The molecule has 1 fully saturated rings. The molecule has 10 nitrogen and oxygen atoms in total. The highest BCUT2D eigenvalue weighted by molar-refractivity contribution is 5.82. The number of aliphatic hydroxyl groups is 3. The molecule has 0 saturated carbocycles. The van der Waals surface area contributed by atoms with Crippen LogP contribution in [0.2, 0.25) is 0 Å². The Kier molecular flexibility index (Phi) is 4.28. The maximum atomic E-state index is 13.0. The van der Waals surface area contributed by atoms with Crippen LogP contribution in [0.15, 0.2) is 29.4 Å². The second kappa shape index (κ2) is 6.61. The lowest BCUT2D eigenvalue weighted by Gasteiger charge is -2.16. The van der Waals surface area contributed by atoms with E-state index < -0.39 is 37.0 Å². The number of anilines is 1. The smallest absolute Gasteiger partial charge is 0.167 e. The molecule has 0 radical (unpaired) electrons. The van der Waals surface area contributed by atoms with E-state index in [2.05, 4.69) is 20.3 Å². The number of nitrogens with zero attached hydrogens (tertiary/aromatic N) is 4. The first-order valence-electron chi connectivity index (χ1n) is 7.85. The Balaban J connectivity index is 1.61. The van der Waals surface area contributed by atoms with Crippen LogP contribution in [0.3, 0.4) is 0 Å². The first-order valence-corrected chi connectivity index (χ1v) is 7.85. The van der Waals surface area contributed by atoms with E-state index in [0.29, 0.717) is 22.7 Å². The summed E-state index contributed by atoms with van der Waals surface area (Å²) in [5, 5.41) is 32.3. The zero-order valence-electron chi connectivity index (χ0n) is 13.4. The van der Waals surface area contributed by atoms with Crippen LogP contribution in [0.4, 0.5) is 10.2 Å². The van der Waals surface area contributed by atoms with Gasteiger partial charge in [0.15, 0.2) is 29.0 Å². The minimum atomic E-state index is -1.25. The lowest BCUT2D eigenvalue weighted by molar-refractivity contribution is -0.0511. The van der Waals surface area contributed by atoms with E-state index in [0.717, 1.165) is 6.26 Å². The van der Waals surface area contributed by atoms with Gasteiger partial charge in [-0.2, -0.15) is 0 Å². The molecule has 0 amide bonds. The predicted molar refractivity (Wildman–Crippen MR) is 84.3 cm³/mol. The largest absolute Gasteiger partial charge is 0.464 e. The van der Waals surface area contributed by atoms with Crippen molar-refractivity contribution >= 4 is 17.0 Å². The Morgan fingerprint density at radius 3 is 2.77 bits per heavy atom. The summed E-state index contributed by atoms with van der Waals surface area (Å²) in [6.45, 7) is -0.237. The van der Waals surface area contributed by atoms with Gasteiger partial charge in [-0.15, -0.1) is 0 Å². The van der Waals surface area contributed by atoms with Crippen LogP contribution in [-0.2, 0) is 11.3 Å². The van der Waals surface area contributed by atoms with Crippen molar-refractivity contribution in [2.24, 2.45) is 0 Å². The Morgan fingerprint density at radius 2 is 2.08 bits per heavy atom. The van der Waals surface area contributed by atoms with Crippen molar-refractivity contribution in [2.45, 2.75) is 31.1 Å². The zero-order chi connectivity index (χ0) is 18.3. The van der Waals surface area contributed by atoms with E-state index in [9.17, 15) is 19.7 Å². The predicted octanol–water partition coefficient (Wildman–Crippen LogP) is -0.218. The third kappa shape index (κ3) is 2.80. The van der Waals surface area contributed by atoms with Gasteiger partial charge in [0.1, 0.15) is 36.7 Å². The van der Waals surface area contributed by atoms with Crippen LogP contribution in [0.5, 0.6) is 0 Å². The molecule has 1 saturated heterocycles. The fraction of sp³-hybridized carbons (Fsp3) is 0.400. The lowest BCUT2D eigenvalue weighted by atomic mass is 10.1. The summed E-state index contributed by atoms with van der Waals surface area (Å²) in [5.41, 5.74) is 0.764. The number of aromatic nitrogens is 4. The molecule has 26 heavy (non-hydrogen) atoms. The molecular formula is C15H16FN5O5. The van der Waals surface area contributed by atoms with Gasteiger partial charge in [-0.25, -0.2) is 19.3 Å². The standard InChI is InChI=1S/C15H16FN5O5/c16-7-1-8(25-4-7)2-17-13-10-14(19-5-18-13)21(6-20-10)15-12(24)11(23)9(3-22)26-15/h1,4-6,9,11-12,15,22-24H,2-3H2,(H,17,18,19)/t9-,11-,12+,15-/m1/s1. The molecule has 0 aliphatic carbocycles. The van der Waals surface area contributed by atoms with E-state index in [1.807, 2.05) is 0 Å². The summed E-state index contributed by atoms with van der Waals surface area (Å²) in [4.78, 5) is 12.5. The van der Waals surface area contributed by atoms with Crippen molar-refractivity contribution in [1.29, 1.82) is 0 Å². The Labute approximate surface area is 145 Å². The molecule has 4 rings (SSSR count). The molecule has 1 aliphatic rings. The highest BCUT2D eigenvalue weighted by Crippen LogP contribution is 2.32. The van der Waals surface area contributed by atoms with Gasteiger partial charge in [-0.3, -0.25) is 4.57 Å². The Morgan fingerprint density at radius 1 is 1.23 bits per heavy atom. The van der Waals surface area contributed by atoms with E-state index in [-0.39, 0.29) is 6.54 Å². The normalized spacial score (nSPS) is 25.8. The average Bonchev–Trinajstić information content (AvgIpc) is 3.32. The summed E-state index contributed by atoms with van der Waals surface area (Å²) in [6, 6.07) is 1.25. The van der Waals surface area contributed by atoms with E-state index in [1.165, 1.54) is 23.3 Å². The van der Waals surface area contributed by atoms with Crippen molar-refractivity contribution in [3.8, 4) is 0 Å². The summed E-state index contributed by atoms with van der Waals surface area (Å²) in [6.07, 6.45) is -0.625. The molecular weight excluding hydrogens is 349 g/mol. The van der Waals surface area contributed by atoms with E-state index in [1.54, 1.807) is 0 Å². The molecule has 0 aromatic carbocycles. The first kappa shape index (κ1) is 16.8. The monoisotopic (exact) mass is 365 g/mol. The fourth-order valence-corrected chi connectivity index (χ4v) is 2.89. The summed E-state index contributed by atoms with van der Waals surface area (Å²) in [7, 11) is 0. The maximum absolute atomic E-state index is 13.0. The fourth-order valence-electron chi connectivity index (χ4n) is 2.89. The van der Waals surface area contributed by atoms with Gasteiger partial charge in [0.25, 0.3) is 0 Å². The number of hydrogen-bond donors (Lipinski definition) is 4. The molecule has 0 unspecified atom stereocenters. The number of nitrogens with one attached hydrogen (secondary N) is 1. The van der Waals surface area contributed by atoms with Gasteiger partial charge < -0.3 is 29.8 Å². The van der Waals surface area contributed by atoms with Crippen LogP contribution in [-0.4, -0.2) is 59.8 Å². The molecule has 0 spiro atoms. The van der Waals surface area contributed by atoms with E-state index >= 15 is 0 Å². The van der Waals surface area contributed by atoms with Gasteiger partial charge in [0.05, 0.1) is 19.5 Å². The van der Waals surface area contributed by atoms with Gasteiger partial charge in [-0.1, -0.05) is 0 Å². The minimum Gasteiger partial charge on any atom is -0.464 e. The summed E-state index contributed by atoms with van der Waals surface area (Å²) in [5.74, 6) is 0.303. The van der Waals surface area contributed by atoms with Crippen LogP contribution in [0.25, 0.3) is 11.2 Å². The number of imidazole rings is 1. The molecule has 1 aliphatic heterocycles. The zero-order valence-corrected chi connectivity index (χ0v) is 13.4. The van der Waals surface area contributed by atoms with Gasteiger partial charge in [-0.05, 0) is 0 Å². The topological polar surface area (TPSA) is 139 Å². The van der Waals surface area contributed by atoms with Crippen LogP contribution in [0, 0.1) is 5.82 Å². The maximum Gasteiger partial charge on any atom is 0.167 e. The SMILES string of the molecule is OC[C@H]1O[C@@H](n2cnc3c(NCc4cc(F)co4)ncnc32)[C@@H](O)[C@@H]1O. The van der Waals surface area contributed by atoms with Gasteiger partial charge in [0.2, 0.25) is 0 Å². The number of rotatable bonds is 5. The number of aliphatic hydroxyl groups excluding tert-OH is 3. The van der Waals surface area contributed by atoms with Gasteiger partial charge >= 0.3 is 0 Å². The van der Waals surface area contributed by atoms with Crippen molar-refractivity contribution in [3.05, 3.63) is 36.6 Å². The van der Waals surface area contributed by atoms with Crippen LogP contribution >= 0.6 is 0 Å². The number of hydrogen-bond acceptors (Lipinski definition) is 9. The third-order valence-corrected chi connectivity index (χ3v) is 4.20. The average molecular weight is 365 g/mol. The number of furan rings is 1. The quantitative estimate of drug-likeness (QED) is 0.483. The van der Waals surface area contributed by atoms with Crippen LogP contribution in [0.1, 0.15) is 12.0 Å². The first-order chi connectivity index (χ1) is 12.6. The highest BCUT2D eigenvalue weighted by Gasteiger charge is 2.44. The Hall–Kier alpha value is -2.60. The molecule has 4 heterocycles. The Bertz CT molecular complexity index is 915. The van der Waals surface area contributed by atoms with Gasteiger partial charge in [0, 0.05) is 6.07 Å². The van der Waals surface area contributed by atoms with E-state index in [4.69, 9.17) is 9.15 Å². The third-order valence-electron chi connectivity index (χ3n) is 4.20. The van der Waals surface area contributed by atoms with Crippen molar-refractivity contribution in [3.63, 3.8) is 0 Å².